The van der Waals surface area contributed by atoms with Gasteiger partial charge in [0.2, 0.25) is 5.89 Å². The molecule has 3 aromatic rings. The number of carbonyl (C=O) groups is 1. The van der Waals surface area contributed by atoms with Gasteiger partial charge in [0.15, 0.2) is 5.82 Å². The summed E-state index contributed by atoms with van der Waals surface area (Å²) in [5.41, 5.74) is 0. The van der Waals surface area contributed by atoms with Crippen LogP contribution in [0.4, 0.5) is 10.6 Å². The van der Waals surface area contributed by atoms with Crippen molar-refractivity contribution in [1.82, 2.24) is 20.0 Å². The first-order valence-corrected chi connectivity index (χ1v) is 10.4. The second-order valence-corrected chi connectivity index (χ2v) is 8.15. The summed E-state index contributed by atoms with van der Waals surface area (Å²) < 4.78 is 5.20. The molecule has 0 aliphatic carbocycles. The summed E-state index contributed by atoms with van der Waals surface area (Å²) in [7, 11) is 0. The second-order valence-electron chi connectivity index (χ2n) is 8.15. The van der Waals surface area contributed by atoms with Crippen LogP contribution in [-0.4, -0.2) is 50.9 Å². The standard InChI is InChI=1S/C22H27N5O3/c1-15(2)21-24-19(25-30-21)14-27(22(28)29)13-16-8-11-26(12-9-16)20-18-6-4-3-5-17(18)7-10-23-20/h3-7,10,15-16H,8-9,11-14H2,1-2H3,(H,28,29). The quantitative estimate of drug-likeness (QED) is 0.654. The van der Waals surface area contributed by atoms with Crippen LogP contribution in [0.3, 0.4) is 0 Å². The van der Waals surface area contributed by atoms with Crippen molar-refractivity contribution in [3.63, 3.8) is 0 Å². The van der Waals surface area contributed by atoms with Gasteiger partial charge in [0.1, 0.15) is 5.82 Å². The third-order valence-electron chi connectivity index (χ3n) is 5.63. The molecule has 0 saturated carbocycles. The zero-order chi connectivity index (χ0) is 21.1. The predicted octanol–water partition coefficient (Wildman–Crippen LogP) is 4.14. The molecule has 1 saturated heterocycles. The number of anilines is 1. The van der Waals surface area contributed by atoms with Crippen molar-refractivity contribution in [1.29, 1.82) is 0 Å². The molecule has 8 nitrogen and oxygen atoms in total. The number of piperidine rings is 1. The van der Waals surface area contributed by atoms with Crippen LogP contribution >= 0.6 is 0 Å². The number of pyridine rings is 1. The molecule has 1 aromatic carbocycles. The number of hydrogen-bond donors (Lipinski definition) is 1. The number of rotatable bonds is 6. The number of benzene rings is 1. The summed E-state index contributed by atoms with van der Waals surface area (Å²) >= 11 is 0. The van der Waals surface area contributed by atoms with Crippen LogP contribution in [0.1, 0.15) is 44.3 Å². The van der Waals surface area contributed by atoms with Crippen LogP contribution in [0.15, 0.2) is 41.1 Å². The molecule has 158 valence electrons. The number of aromatic nitrogens is 3. The van der Waals surface area contributed by atoms with Crippen molar-refractivity contribution >= 4 is 22.7 Å². The van der Waals surface area contributed by atoms with Gasteiger partial charge in [-0.05, 0) is 30.2 Å². The Hall–Kier alpha value is -3.16. The van der Waals surface area contributed by atoms with Gasteiger partial charge in [-0.3, -0.25) is 0 Å². The van der Waals surface area contributed by atoms with E-state index in [2.05, 4.69) is 32.2 Å². The molecule has 0 radical (unpaired) electrons. The monoisotopic (exact) mass is 409 g/mol. The Balaban J connectivity index is 1.38. The van der Waals surface area contributed by atoms with Crippen LogP contribution in [0, 0.1) is 5.92 Å². The van der Waals surface area contributed by atoms with Gasteiger partial charge in [-0.25, -0.2) is 9.78 Å². The van der Waals surface area contributed by atoms with E-state index in [1.807, 2.05) is 38.2 Å². The highest BCUT2D eigenvalue weighted by atomic mass is 16.5. The SMILES string of the molecule is CC(C)c1nc(CN(CC2CCN(c3nccc4ccccc34)CC2)C(=O)O)no1. The maximum absolute atomic E-state index is 11.8. The van der Waals surface area contributed by atoms with Gasteiger partial charge in [0.25, 0.3) is 0 Å². The normalized spacial score (nSPS) is 15.1. The van der Waals surface area contributed by atoms with Crippen molar-refractivity contribution in [3.05, 3.63) is 48.2 Å². The van der Waals surface area contributed by atoms with E-state index in [9.17, 15) is 9.90 Å². The fourth-order valence-electron chi connectivity index (χ4n) is 3.94. The Morgan fingerprint density at radius 3 is 2.73 bits per heavy atom. The van der Waals surface area contributed by atoms with Crippen molar-refractivity contribution in [2.24, 2.45) is 5.92 Å². The first-order valence-electron chi connectivity index (χ1n) is 10.4. The van der Waals surface area contributed by atoms with Gasteiger partial charge in [-0.2, -0.15) is 4.98 Å². The zero-order valence-electron chi connectivity index (χ0n) is 17.4. The summed E-state index contributed by atoms with van der Waals surface area (Å²) in [4.78, 5) is 24.4. The number of hydrogen-bond acceptors (Lipinski definition) is 6. The third kappa shape index (κ3) is 4.37. The molecular weight excluding hydrogens is 382 g/mol. The molecule has 0 unspecified atom stereocenters. The Bertz CT molecular complexity index is 1010. The van der Waals surface area contributed by atoms with Gasteiger partial charge in [-0.1, -0.05) is 43.3 Å². The molecule has 0 spiro atoms. The molecule has 0 bridgehead atoms. The van der Waals surface area contributed by atoms with Crippen molar-refractivity contribution < 1.29 is 14.4 Å². The van der Waals surface area contributed by atoms with Crippen molar-refractivity contribution in [3.8, 4) is 0 Å². The highest BCUT2D eigenvalue weighted by Crippen LogP contribution is 2.28. The summed E-state index contributed by atoms with van der Waals surface area (Å²) in [5, 5.41) is 15.9. The van der Waals surface area contributed by atoms with Crippen LogP contribution in [0.5, 0.6) is 0 Å². The highest BCUT2D eigenvalue weighted by molar-refractivity contribution is 5.92. The molecule has 3 heterocycles. The zero-order valence-corrected chi connectivity index (χ0v) is 17.4. The maximum Gasteiger partial charge on any atom is 0.407 e. The van der Waals surface area contributed by atoms with Crippen molar-refractivity contribution in [2.45, 2.75) is 39.2 Å². The van der Waals surface area contributed by atoms with Crippen LogP contribution < -0.4 is 4.90 Å². The molecule has 1 fully saturated rings. The molecule has 1 amide bonds. The Morgan fingerprint density at radius 1 is 1.27 bits per heavy atom. The fourth-order valence-corrected chi connectivity index (χ4v) is 3.94. The predicted molar refractivity (Wildman–Crippen MR) is 114 cm³/mol. The number of fused-ring (bicyclic) bond motifs is 1. The summed E-state index contributed by atoms with van der Waals surface area (Å²) in [5.74, 6) is 2.37. The van der Waals surface area contributed by atoms with Crippen LogP contribution in [0.25, 0.3) is 10.8 Å². The number of carboxylic acid groups (broad SMARTS) is 1. The second kappa shape index (κ2) is 8.69. The Morgan fingerprint density at radius 2 is 2.03 bits per heavy atom. The van der Waals surface area contributed by atoms with E-state index in [0.29, 0.717) is 24.2 Å². The van der Waals surface area contributed by atoms with E-state index in [4.69, 9.17) is 4.52 Å². The average Bonchev–Trinajstić information content (AvgIpc) is 3.22. The van der Waals surface area contributed by atoms with Gasteiger partial charge < -0.3 is 19.4 Å². The van der Waals surface area contributed by atoms with Gasteiger partial charge >= 0.3 is 6.09 Å². The summed E-state index contributed by atoms with van der Waals surface area (Å²) in [6, 6.07) is 10.3. The minimum atomic E-state index is -0.955. The lowest BCUT2D eigenvalue weighted by Crippen LogP contribution is -2.40. The maximum atomic E-state index is 11.8. The smallest absolute Gasteiger partial charge is 0.407 e. The molecule has 2 aromatic heterocycles. The topological polar surface area (TPSA) is 95.6 Å². The number of nitrogens with zero attached hydrogens (tertiary/aromatic N) is 5. The largest absolute Gasteiger partial charge is 0.465 e. The fraction of sp³-hybridized carbons (Fsp3) is 0.455. The van der Waals surface area contributed by atoms with E-state index in [1.54, 1.807) is 0 Å². The number of amides is 1. The highest BCUT2D eigenvalue weighted by Gasteiger charge is 2.26. The van der Waals surface area contributed by atoms with Gasteiger partial charge in [0.05, 0.1) is 6.54 Å². The molecule has 30 heavy (non-hydrogen) atoms. The molecule has 1 aliphatic heterocycles. The summed E-state index contributed by atoms with van der Waals surface area (Å²) in [6.45, 7) is 6.27. The Kier molecular flexibility index (Phi) is 5.83. The third-order valence-corrected chi connectivity index (χ3v) is 5.63. The summed E-state index contributed by atoms with van der Waals surface area (Å²) in [6.07, 6.45) is 2.73. The first-order chi connectivity index (χ1) is 14.5. The molecule has 8 heteroatoms. The van der Waals surface area contributed by atoms with Crippen LogP contribution in [0.2, 0.25) is 0 Å². The van der Waals surface area contributed by atoms with Gasteiger partial charge in [0, 0.05) is 37.1 Å². The van der Waals surface area contributed by atoms with E-state index < -0.39 is 6.09 Å². The molecule has 1 N–H and O–H groups in total. The molecule has 4 rings (SSSR count). The lowest BCUT2D eigenvalue weighted by atomic mass is 9.96. The van der Waals surface area contributed by atoms with E-state index in [0.717, 1.165) is 37.1 Å². The Labute approximate surface area is 175 Å². The van der Waals surface area contributed by atoms with Gasteiger partial charge in [-0.15, -0.1) is 0 Å². The average molecular weight is 409 g/mol. The van der Waals surface area contributed by atoms with Crippen LogP contribution in [-0.2, 0) is 6.54 Å². The van der Waals surface area contributed by atoms with E-state index in [1.165, 1.54) is 10.3 Å². The minimum Gasteiger partial charge on any atom is -0.465 e. The first kappa shape index (κ1) is 20.1. The van der Waals surface area contributed by atoms with E-state index in [-0.39, 0.29) is 12.5 Å². The minimum absolute atomic E-state index is 0.122. The molecule has 1 aliphatic rings. The lowest BCUT2D eigenvalue weighted by molar-refractivity contribution is 0.128. The molecular formula is C22H27N5O3. The van der Waals surface area contributed by atoms with E-state index >= 15 is 0 Å². The lowest BCUT2D eigenvalue weighted by Gasteiger charge is -2.35. The molecule has 0 atom stereocenters. The van der Waals surface area contributed by atoms with Crippen molar-refractivity contribution in [2.75, 3.05) is 24.5 Å².